The van der Waals surface area contributed by atoms with Gasteiger partial charge in [0.25, 0.3) is 0 Å². The van der Waals surface area contributed by atoms with Crippen LogP contribution in [-0.4, -0.2) is 17.9 Å². The molecule has 0 fully saturated rings. The summed E-state index contributed by atoms with van der Waals surface area (Å²) in [7, 11) is 0. The fourth-order valence-electron chi connectivity index (χ4n) is 1.18. The summed E-state index contributed by atoms with van der Waals surface area (Å²) < 4.78 is 27.5. The molecule has 0 atom stereocenters. The van der Waals surface area contributed by atoms with Crippen molar-refractivity contribution >= 4 is 17.9 Å². The van der Waals surface area contributed by atoms with Crippen LogP contribution < -0.4 is 14.2 Å². The lowest BCUT2D eigenvalue weighted by molar-refractivity contribution is -0.135. The fraction of sp³-hybridized carbons (Fsp3) is 0.250. The molecule has 0 unspecified atom stereocenters. The lowest BCUT2D eigenvalue weighted by atomic mass is 10.2. The molecule has 0 saturated carbocycles. The van der Waals surface area contributed by atoms with Crippen molar-refractivity contribution in [1.82, 2.24) is 0 Å². The van der Waals surface area contributed by atoms with Crippen LogP contribution in [0.2, 0.25) is 0 Å². The van der Waals surface area contributed by atoms with Gasteiger partial charge in [-0.05, 0) is 6.07 Å². The first-order valence-electron chi connectivity index (χ1n) is 5.10. The third-order valence-electron chi connectivity index (χ3n) is 1.70. The summed E-state index contributed by atoms with van der Waals surface area (Å²) in [6.07, 6.45) is 0. The highest BCUT2D eigenvalue weighted by Crippen LogP contribution is 2.39. The average molecular weight is 269 g/mol. The Morgan fingerprint density at radius 2 is 1.42 bits per heavy atom. The van der Waals surface area contributed by atoms with E-state index in [2.05, 4.69) is 10.8 Å². The van der Waals surface area contributed by atoms with Crippen molar-refractivity contribution in [3.63, 3.8) is 0 Å². The number of ether oxygens (including phenoxy) is 3. The van der Waals surface area contributed by atoms with Crippen LogP contribution >= 0.6 is 0 Å². The molecule has 1 radical (unpaired) electrons. The fourth-order valence-corrected chi connectivity index (χ4v) is 1.18. The molecule has 0 aromatic heterocycles. The second-order valence-corrected chi connectivity index (χ2v) is 3.41. The van der Waals surface area contributed by atoms with E-state index >= 15 is 0 Å². The Hall–Kier alpha value is -2.44. The van der Waals surface area contributed by atoms with Crippen molar-refractivity contribution < 1.29 is 33.0 Å². The largest absolute Gasteiger partial charge is 0.423 e. The van der Waals surface area contributed by atoms with Gasteiger partial charge in [-0.15, -0.1) is 0 Å². The molecule has 101 valence electrons. The van der Waals surface area contributed by atoms with E-state index in [1.165, 1.54) is 0 Å². The number of esters is 3. The zero-order chi connectivity index (χ0) is 14.6. The van der Waals surface area contributed by atoms with Crippen LogP contribution in [0.5, 0.6) is 17.2 Å². The minimum Gasteiger partial charge on any atom is -0.423 e. The number of halogens is 1. The van der Waals surface area contributed by atoms with Gasteiger partial charge in [0.05, 0.1) is 0 Å². The van der Waals surface area contributed by atoms with Gasteiger partial charge < -0.3 is 14.2 Å². The maximum absolute atomic E-state index is 13.5. The molecule has 0 amide bonds. The van der Waals surface area contributed by atoms with Crippen molar-refractivity contribution in [3.8, 4) is 17.2 Å². The quantitative estimate of drug-likeness (QED) is 0.609. The normalized spacial score (nSPS) is 9.68. The zero-order valence-electron chi connectivity index (χ0n) is 10.4. The molecule has 0 bridgehead atoms. The van der Waals surface area contributed by atoms with E-state index in [-0.39, 0.29) is 5.75 Å². The van der Waals surface area contributed by atoms with E-state index in [1.54, 1.807) is 0 Å². The van der Waals surface area contributed by atoms with Crippen LogP contribution in [0.25, 0.3) is 0 Å². The molecule has 1 rings (SSSR count). The SMILES string of the molecule is CC(=O)Oc1c[c]c(F)c(OC(C)=O)c1OC(C)=O. The summed E-state index contributed by atoms with van der Waals surface area (Å²) in [4.78, 5) is 32.7. The molecule has 0 N–H and O–H groups in total. The molecule has 0 heterocycles. The highest BCUT2D eigenvalue weighted by atomic mass is 19.1. The van der Waals surface area contributed by atoms with Crippen LogP contribution in [0.1, 0.15) is 20.8 Å². The molecule has 0 aliphatic rings. The van der Waals surface area contributed by atoms with Gasteiger partial charge >= 0.3 is 17.9 Å². The van der Waals surface area contributed by atoms with Gasteiger partial charge in [0.1, 0.15) is 0 Å². The Labute approximate surface area is 108 Å². The molecule has 1 aromatic carbocycles. The number of carbonyl (C=O) groups is 3. The number of carbonyl (C=O) groups excluding carboxylic acids is 3. The molecule has 7 heteroatoms. The average Bonchev–Trinajstić information content (AvgIpc) is 2.25. The molecule has 1 aromatic rings. The summed E-state index contributed by atoms with van der Waals surface area (Å²) in [5, 5.41) is 0. The van der Waals surface area contributed by atoms with E-state index in [4.69, 9.17) is 9.47 Å². The molecule has 0 aliphatic carbocycles. The summed E-state index contributed by atoms with van der Waals surface area (Å²) in [5.41, 5.74) is 0. The molecule has 0 saturated heterocycles. The van der Waals surface area contributed by atoms with Crippen LogP contribution in [0, 0.1) is 11.9 Å². The number of hydrogen-bond donors (Lipinski definition) is 0. The van der Waals surface area contributed by atoms with Crippen molar-refractivity contribution in [2.45, 2.75) is 20.8 Å². The summed E-state index contributed by atoms with van der Waals surface area (Å²) in [5.74, 6) is -4.84. The summed E-state index contributed by atoms with van der Waals surface area (Å²) in [6.45, 7) is 3.20. The third kappa shape index (κ3) is 4.06. The first-order valence-corrected chi connectivity index (χ1v) is 5.10. The minimum absolute atomic E-state index is 0.277. The second kappa shape index (κ2) is 5.94. The van der Waals surface area contributed by atoms with Gasteiger partial charge in [0.15, 0.2) is 11.6 Å². The van der Waals surface area contributed by atoms with Gasteiger partial charge in [-0.1, -0.05) is 0 Å². The van der Waals surface area contributed by atoms with E-state index in [0.29, 0.717) is 0 Å². The predicted molar refractivity (Wildman–Crippen MR) is 59.2 cm³/mol. The smallest absolute Gasteiger partial charge is 0.308 e. The number of rotatable bonds is 3. The van der Waals surface area contributed by atoms with Gasteiger partial charge in [-0.3, -0.25) is 14.4 Å². The Balaban J connectivity index is 3.35. The lowest BCUT2D eigenvalue weighted by Gasteiger charge is -2.12. The Kier molecular flexibility index (Phi) is 4.57. The maximum Gasteiger partial charge on any atom is 0.308 e. The predicted octanol–water partition coefficient (Wildman–Crippen LogP) is 1.40. The Bertz CT molecular complexity index is 537. The van der Waals surface area contributed by atoms with E-state index in [1.807, 2.05) is 0 Å². The van der Waals surface area contributed by atoms with Crippen LogP contribution in [0.15, 0.2) is 6.07 Å². The Morgan fingerprint density at radius 3 is 1.89 bits per heavy atom. The van der Waals surface area contributed by atoms with Crippen molar-refractivity contribution in [3.05, 3.63) is 17.9 Å². The van der Waals surface area contributed by atoms with E-state index in [9.17, 15) is 18.8 Å². The standard InChI is InChI=1S/C12H10FO6/c1-6(14)17-10-5-4-9(13)11(18-7(2)15)12(10)19-8(3)16/h5H,1-3H3. The topological polar surface area (TPSA) is 78.9 Å². The monoisotopic (exact) mass is 269 g/mol. The van der Waals surface area contributed by atoms with Gasteiger partial charge in [-0.25, -0.2) is 4.39 Å². The van der Waals surface area contributed by atoms with Gasteiger partial charge in [0, 0.05) is 26.8 Å². The molecule has 0 aliphatic heterocycles. The van der Waals surface area contributed by atoms with Gasteiger partial charge in [-0.2, -0.15) is 0 Å². The van der Waals surface area contributed by atoms with Gasteiger partial charge in [0.2, 0.25) is 11.5 Å². The zero-order valence-corrected chi connectivity index (χ0v) is 10.4. The van der Waals surface area contributed by atoms with Crippen LogP contribution in [0.4, 0.5) is 4.39 Å². The summed E-state index contributed by atoms with van der Waals surface area (Å²) >= 11 is 0. The first kappa shape index (κ1) is 14.6. The highest BCUT2D eigenvalue weighted by molar-refractivity contribution is 5.77. The van der Waals surface area contributed by atoms with E-state index < -0.39 is 35.2 Å². The molecule has 6 nitrogen and oxygen atoms in total. The Morgan fingerprint density at radius 1 is 0.947 bits per heavy atom. The van der Waals surface area contributed by atoms with Crippen molar-refractivity contribution in [2.75, 3.05) is 0 Å². The third-order valence-corrected chi connectivity index (χ3v) is 1.70. The lowest BCUT2D eigenvalue weighted by Crippen LogP contribution is -2.11. The highest BCUT2D eigenvalue weighted by Gasteiger charge is 2.22. The molecule has 0 spiro atoms. The van der Waals surface area contributed by atoms with Crippen molar-refractivity contribution in [2.24, 2.45) is 0 Å². The molecular formula is C12H10FO6. The number of hydrogen-bond acceptors (Lipinski definition) is 6. The van der Waals surface area contributed by atoms with Crippen LogP contribution in [-0.2, 0) is 14.4 Å². The summed E-state index contributed by atoms with van der Waals surface area (Å²) in [6, 6.07) is 3.04. The molecule has 19 heavy (non-hydrogen) atoms. The second-order valence-electron chi connectivity index (χ2n) is 3.41. The van der Waals surface area contributed by atoms with Crippen LogP contribution in [0.3, 0.4) is 0 Å². The van der Waals surface area contributed by atoms with Crippen molar-refractivity contribution in [1.29, 1.82) is 0 Å². The first-order chi connectivity index (χ1) is 8.81. The van der Waals surface area contributed by atoms with E-state index in [0.717, 1.165) is 26.8 Å². The minimum atomic E-state index is -1.05. The number of benzene rings is 1. The molecular weight excluding hydrogens is 259 g/mol. The maximum atomic E-state index is 13.5.